The standard InChI is InChI=1S/C13H17NO/c1-4-8-12(14-2)13(15-3)11-9-6-5-7-10-11/h1,5-7,9-10,12-14H,8H2,2-3H3. The van der Waals surface area contributed by atoms with Crippen molar-refractivity contribution in [2.75, 3.05) is 14.2 Å². The topological polar surface area (TPSA) is 21.3 Å². The fraction of sp³-hybridized carbons (Fsp3) is 0.385. The van der Waals surface area contributed by atoms with Crippen LogP contribution in [0.2, 0.25) is 0 Å². The molecule has 0 fully saturated rings. The van der Waals surface area contributed by atoms with Crippen molar-refractivity contribution in [1.82, 2.24) is 5.32 Å². The van der Waals surface area contributed by atoms with Crippen LogP contribution in [0.4, 0.5) is 0 Å². The van der Waals surface area contributed by atoms with E-state index in [0.717, 1.165) is 5.56 Å². The van der Waals surface area contributed by atoms with Crippen LogP contribution in [0.15, 0.2) is 30.3 Å². The van der Waals surface area contributed by atoms with Crippen LogP contribution in [-0.4, -0.2) is 20.2 Å². The minimum absolute atomic E-state index is 0.00671. The van der Waals surface area contributed by atoms with Crippen LogP contribution in [-0.2, 0) is 4.74 Å². The molecule has 0 saturated carbocycles. The van der Waals surface area contributed by atoms with Crippen LogP contribution >= 0.6 is 0 Å². The van der Waals surface area contributed by atoms with E-state index in [9.17, 15) is 0 Å². The second kappa shape index (κ2) is 6.23. The van der Waals surface area contributed by atoms with E-state index >= 15 is 0 Å². The van der Waals surface area contributed by atoms with Crippen molar-refractivity contribution >= 4 is 0 Å². The van der Waals surface area contributed by atoms with Gasteiger partial charge in [-0.3, -0.25) is 0 Å². The number of terminal acetylenes is 1. The molecule has 1 aromatic rings. The second-order valence-electron chi connectivity index (χ2n) is 3.37. The van der Waals surface area contributed by atoms with Gasteiger partial charge in [0.2, 0.25) is 0 Å². The van der Waals surface area contributed by atoms with Crippen LogP contribution in [0.25, 0.3) is 0 Å². The average Bonchev–Trinajstić information content (AvgIpc) is 2.30. The van der Waals surface area contributed by atoms with Crippen LogP contribution in [0, 0.1) is 12.3 Å². The highest BCUT2D eigenvalue weighted by atomic mass is 16.5. The fourth-order valence-corrected chi connectivity index (χ4v) is 1.66. The smallest absolute Gasteiger partial charge is 0.0983 e. The van der Waals surface area contributed by atoms with E-state index in [1.54, 1.807) is 7.11 Å². The van der Waals surface area contributed by atoms with Crippen molar-refractivity contribution in [1.29, 1.82) is 0 Å². The van der Waals surface area contributed by atoms with Gasteiger partial charge in [0, 0.05) is 19.6 Å². The molecule has 0 aliphatic rings. The maximum Gasteiger partial charge on any atom is 0.0983 e. The summed E-state index contributed by atoms with van der Waals surface area (Å²) in [6, 6.07) is 10.3. The molecule has 0 heterocycles. The van der Waals surface area contributed by atoms with E-state index in [4.69, 9.17) is 11.2 Å². The fourth-order valence-electron chi connectivity index (χ4n) is 1.66. The number of nitrogens with one attached hydrogen (secondary N) is 1. The lowest BCUT2D eigenvalue weighted by Gasteiger charge is -2.24. The van der Waals surface area contributed by atoms with Crippen LogP contribution in [0.3, 0.4) is 0 Å². The summed E-state index contributed by atoms with van der Waals surface area (Å²) in [7, 11) is 3.61. The molecular formula is C13H17NO. The highest BCUT2D eigenvalue weighted by Crippen LogP contribution is 2.21. The number of rotatable bonds is 5. The molecule has 80 valence electrons. The molecule has 1 N–H and O–H groups in total. The number of hydrogen-bond acceptors (Lipinski definition) is 2. The van der Waals surface area contributed by atoms with E-state index in [1.165, 1.54) is 0 Å². The summed E-state index contributed by atoms with van der Waals surface area (Å²) in [6.07, 6.45) is 5.99. The molecule has 0 bridgehead atoms. The molecule has 2 heteroatoms. The molecule has 1 aromatic carbocycles. The first-order valence-corrected chi connectivity index (χ1v) is 5.02. The first-order valence-electron chi connectivity index (χ1n) is 5.02. The maximum atomic E-state index is 5.48. The highest BCUT2D eigenvalue weighted by Gasteiger charge is 2.20. The quantitative estimate of drug-likeness (QED) is 0.739. The molecule has 0 aromatic heterocycles. The molecule has 2 atom stereocenters. The third-order valence-electron chi connectivity index (χ3n) is 2.46. The molecule has 15 heavy (non-hydrogen) atoms. The Hall–Kier alpha value is -1.30. The van der Waals surface area contributed by atoms with Crippen molar-refractivity contribution in [3.05, 3.63) is 35.9 Å². The summed E-state index contributed by atoms with van der Waals surface area (Å²) in [5, 5.41) is 3.18. The Morgan fingerprint density at radius 2 is 2.07 bits per heavy atom. The molecule has 0 aliphatic heterocycles. The van der Waals surface area contributed by atoms with Gasteiger partial charge in [0.1, 0.15) is 0 Å². The SMILES string of the molecule is C#CCC(NC)C(OC)c1ccccc1. The van der Waals surface area contributed by atoms with Crippen LogP contribution in [0.5, 0.6) is 0 Å². The second-order valence-corrected chi connectivity index (χ2v) is 3.37. The highest BCUT2D eigenvalue weighted by molar-refractivity contribution is 5.19. The summed E-state index contributed by atoms with van der Waals surface area (Å²) in [6.45, 7) is 0. The summed E-state index contributed by atoms with van der Waals surface area (Å²) in [4.78, 5) is 0. The Bertz CT molecular complexity index is 315. The summed E-state index contributed by atoms with van der Waals surface area (Å²) in [5.41, 5.74) is 1.15. The number of benzene rings is 1. The molecule has 2 unspecified atom stereocenters. The number of methoxy groups -OCH3 is 1. The Labute approximate surface area is 91.6 Å². The molecular weight excluding hydrogens is 186 g/mol. The minimum atomic E-state index is 0.00671. The third-order valence-corrected chi connectivity index (χ3v) is 2.46. The van der Waals surface area contributed by atoms with Gasteiger partial charge < -0.3 is 10.1 Å². The molecule has 0 saturated heterocycles. The van der Waals surface area contributed by atoms with Gasteiger partial charge >= 0.3 is 0 Å². The zero-order chi connectivity index (χ0) is 11.1. The maximum absolute atomic E-state index is 5.48. The van der Waals surface area contributed by atoms with E-state index in [-0.39, 0.29) is 12.1 Å². The van der Waals surface area contributed by atoms with Gasteiger partial charge in [0.25, 0.3) is 0 Å². The van der Waals surface area contributed by atoms with Gasteiger partial charge in [0.15, 0.2) is 0 Å². The first kappa shape index (κ1) is 11.8. The molecule has 0 radical (unpaired) electrons. The van der Waals surface area contributed by atoms with Gasteiger partial charge in [-0.2, -0.15) is 0 Å². The Morgan fingerprint density at radius 3 is 2.53 bits per heavy atom. The number of hydrogen-bond donors (Lipinski definition) is 1. The van der Waals surface area contributed by atoms with E-state index in [0.29, 0.717) is 6.42 Å². The van der Waals surface area contributed by atoms with E-state index in [1.807, 2.05) is 25.2 Å². The van der Waals surface area contributed by atoms with Gasteiger partial charge in [-0.15, -0.1) is 12.3 Å². The van der Waals surface area contributed by atoms with Crippen molar-refractivity contribution in [3.63, 3.8) is 0 Å². The predicted molar refractivity (Wildman–Crippen MR) is 62.5 cm³/mol. The monoisotopic (exact) mass is 203 g/mol. The third kappa shape index (κ3) is 3.09. The largest absolute Gasteiger partial charge is 0.375 e. The zero-order valence-electron chi connectivity index (χ0n) is 9.23. The van der Waals surface area contributed by atoms with Crippen molar-refractivity contribution in [2.24, 2.45) is 0 Å². The van der Waals surface area contributed by atoms with E-state index in [2.05, 4.69) is 23.4 Å². The van der Waals surface area contributed by atoms with Gasteiger partial charge in [-0.25, -0.2) is 0 Å². The summed E-state index contributed by atoms with van der Waals surface area (Å²) >= 11 is 0. The van der Waals surface area contributed by atoms with Crippen LogP contribution in [0.1, 0.15) is 18.1 Å². The Kier molecular flexibility index (Phi) is 4.89. The van der Waals surface area contributed by atoms with Crippen molar-refractivity contribution in [2.45, 2.75) is 18.6 Å². The lowest BCUT2D eigenvalue weighted by atomic mass is 10.00. The lowest BCUT2D eigenvalue weighted by molar-refractivity contribution is 0.0719. The molecule has 1 rings (SSSR count). The summed E-state index contributed by atoms with van der Waals surface area (Å²) in [5.74, 6) is 2.66. The molecule has 2 nitrogen and oxygen atoms in total. The van der Waals surface area contributed by atoms with Gasteiger partial charge in [0.05, 0.1) is 6.10 Å². The van der Waals surface area contributed by atoms with Gasteiger partial charge in [-0.1, -0.05) is 30.3 Å². The van der Waals surface area contributed by atoms with Crippen molar-refractivity contribution in [3.8, 4) is 12.3 Å². The molecule has 0 aliphatic carbocycles. The van der Waals surface area contributed by atoms with Crippen LogP contribution < -0.4 is 5.32 Å². The zero-order valence-corrected chi connectivity index (χ0v) is 9.23. The number of likely N-dealkylation sites (N-methyl/N-ethyl adjacent to an activating group) is 1. The molecule has 0 spiro atoms. The Balaban J connectivity index is 2.83. The van der Waals surface area contributed by atoms with Crippen molar-refractivity contribution < 1.29 is 4.74 Å². The Morgan fingerprint density at radius 1 is 1.40 bits per heavy atom. The first-order chi connectivity index (χ1) is 7.33. The normalized spacial score (nSPS) is 14.2. The average molecular weight is 203 g/mol. The number of ether oxygens (including phenoxy) is 1. The lowest BCUT2D eigenvalue weighted by Crippen LogP contribution is -2.32. The summed E-state index contributed by atoms with van der Waals surface area (Å²) < 4.78 is 5.48. The minimum Gasteiger partial charge on any atom is -0.375 e. The predicted octanol–water partition coefficient (Wildman–Crippen LogP) is 1.99. The van der Waals surface area contributed by atoms with Gasteiger partial charge in [-0.05, 0) is 12.6 Å². The van der Waals surface area contributed by atoms with E-state index < -0.39 is 0 Å². The molecule has 0 amide bonds.